The number of hydrogen-bond donors (Lipinski definition) is 2. The fourth-order valence-electron chi connectivity index (χ4n) is 1.81. The van der Waals surface area contributed by atoms with Crippen LogP contribution in [0.2, 0.25) is 0 Å². The summed E-state index contributed by atoms with van der Waals surface area (Å²) in [7, 11) is -1.41. The fourth-order valence-corrected chi connectivity index (χ4v) is 3.12. The highest BCUT2D eigenvalue weighted by Crippen LogP contribution is 2.25. The van der Waals surface area contributed by atoms with Gasteiger partial charge in [-0.15, -0.1) is 0 Å². The molecule has 0 atom stereocenters. The second-order valence-corrected chi connectivity index (χ2v) is 5.76. The van der Waals surface area contributed by atoms with Gasteiger partial charge in [-0.05, 0) is 61.4 Å². The minimum Gasteiger partial charge on any atom is -0.508 e. The highest BCUT2D eigenvalue weighted by Gasteiger charge is 2.10. The molecular weight excluding hydrogens is 248 g/mol. The van der Waals surface area contributed by atoms with Gasteiger partial charge in [0.2, 0.25) is 0 Å². The van der Waals surface area contributed by atoms with Gasteiger partial charge in [-0.2, -0.15) is 0 Å². The van der Waals surface area contributed by atoms with Crippen molar-refractivity contribution in [3.63, 3.8) is 0 Å². The molecule has 2 rings (SSSR count). The fraction of sp³-hybridized carbons (Fsp3) is 0.143. The summed E-state index contributed by atoms with van der Waals surface area (Å²) < 4.78 is 12.3. The Hall–Kier alpha value is -1.81. The number of aromatic hydroxyl groups is 2. The normalized spacial score (nSPS) is 10.8. The molecule has 2 N–H and O–H groups in total. The maximum Gasteiger partial charge on any atom is 0.117 e. The lowest BCUT2D eigenvalue weighted by molar-refractivity contribution is 0.473. The summed E-state index contributed by atoms with van der Waals surface area (Å²) >= 11 is 0. The van der Waals surface area contributed by atoms with Crippen LogP contribution in [0.1, 0.15) is 11.1 Å². The van der Waals surface area contributed by atoms with Crippen LogP contribution in [0, 0.1) is 13.8 Å². The van der Waals surface area contributed by atoms with Crippen LogP contribution in [0.5, 0.6) is 11.5 Å². The minimum atomic E-state index is -1.41. The molecule has 2 aromatic carbocycles. The highest BCUT2D eigenvalue weighted by molar-refractivity contribution is 7.85. The summed E-state index contributed by atoms with van der Waals surface area (Å²) in [6, 6.07) is 9.68. The van der Waals surface area contributed by atoms with Crippen molar-refractivity contribution >= 4 is 10.8 Å². The van der Waals surface area contributed by atoms with Crippen LogP contribution in [-0.4, -0.2) is 14.4 Å². The molecular formula is C14H14O3S. The number of phenols is 2. The van der Waals surface area contributed by atoms with Crippen molar-refractivity contribution in [3.8, 4) is 11.5 Å². The van der Waals surface area contributed by atoms with Crippen molar-refractivity contribution in [3.05, 3.63) is 47.5 Å². The molecule has 0 radical (unpaired) electrons. The molecule has 0 amide bonds. The zero-order valence-electron chi connectivity index (χ0n) is 10.2. The quantitative estimate of drug-likeness (QED) is 0.875. The van der Waals surface area contributed by atoms with E-state index in [4.69, 9.17) is 0 Å². The molecule has 4 heteroatoms. The second-order valence-electron chi connectivity index (χ2n) is 4.28. The standard InChI is InChI=1S/C14H14O3S/c1-9-3-11(15)7-13(5-9)18(17)14-6-10(2)4-12(16)8-14/h3-8,15-16H,1-2H3. The van der Waals surface area contributed by atoms with Crippen molar-refractivity contribution < 1.29 is 14.4 Å². The van der Waals surface area contributed by atoms with Crippen LogP contribution in [0.4, 0.5) is 0 Å². The van der Waals surface area contributed by atoms with Gasteiger partial charge in [-0.3, -0.25) is 0 Å². The summed E-state index contributed by atoms with van der Waals surface area (Å²) in [5, 5.41) is 19.0. The Bertz CT molecular complexity index is 526. The molecule has 0 heterocycles. The van der Waals surface area contributed by atoms with Crippen molar-refractivity contribution in [1.82, 2.24) is 0 Å². The van der Waals surface area contributed by atoms with Crippen LogP contribution in [0.25, 0.3) is 0 Å². The van der Waals surface area contributed by atoms with Crippen molar-refractivity contribution in [1.29, 1.82) is 0 Å². The van der Waals surface area contributed by atoms with E-state index in [0.717, 1.165) is 11.1 Å². The van der Waals surface area contributed by atoms with Crippen LogP contribution in [-0.2, 0) is 10.8 Å². The van der Waals surface area contributed by atoms with E-state index in [0.29, 0.717) is 9.79 Å². The van der Waals surface area contributed by atoms with Gasteiger partial charge in [0.05, 0.1) is 10.8 Å². The molecule has 3 nitrogen and oxygen atoms in total. The topological polar surface area (TPSA) is 57.5 Å². The molecule has 18 heavy (non-hydrogen) atoms. The summed E-state index contributed by atoms with van der Waals surface area (Å²) in [6.07, 6.45) is 0. The first-order valence-corrected chi connectivity index (χ1v) is 6.64. The molecule has 0 aromatic heterocycles. The SMILES string of the molecule is Cc1cc(O)cc(S(=O)c2cc(C)cc(O)c2)c1. The molecule has 0 aliphatic heterocycles. The maximum atomic E-state index is 12.3. The number of aryl methyl sites for hydroxylation is 2. The van der Waals surface area contributed by atoms with E-state index in [1.807, 2.05) is 13.8 Å². The molecule has 0 aliphatic rings. The summed E-state index contributed by atoms with van der Waals surface area (Å²) in [4.78, 5) is 1.05. The monoisotopic (exact) mass is 262 g/mol. The van der Waals surface area contributed by atoms with Crippen molar-refractivity contribution in [2.24, 2.45) is 0 Å². The maximum absolute atomic E-state index is 12.3. The zero-order valence-corrected chi connectivity index (χ0v) is 11.0. The summed E-state index contributed by atoms with van der Waals surface area (Å²) in [6.45, 7) is 3.66. The van der Waals surface area contributed by atoms with Gasteiger partial charge >= 0.3 is 0 Å². The van der Waals surface area contributed by atoms with Gasteiger partial charge in [0, 0.05) is 9.79 Å². The van der Waals surface area contributed by atoms with E-state index < -0.39 is 10.8 Å². The molecule has 0 aliphatic carbocycles. The lowest BCUT2D eigenvalue weighted by atomic mass is 10.2. The summed E-state index contributed by atoms with van der Waals surface area (Å²) in [5.41, 5.74) is 1.69. The first-order valence-electron chi connectivity index (χ1n) is 5.49. The molecule has 0 saturated heterocycles. The Morgan fingerprint density at radius 1 is 0.778 bits per heavy atom. The molecule has 2 aromatic rings. The Balaban J connectivity index is 2.47. The number of benzene rings is 2. The Morgan fingerprint density at radius 2 is 1.17 bits per heavy atom. The van der Waals surface area contributed by atoms with Gasteiger partial charge < -0.3 is 10.2 Å². The third-order valence-electron chi connectivity index (χ3n) is 2.50. The van der Waals surface area contributed by atoms with E-state index in [9.17, 15) is 14.4 Å². The predicted molar refractivity (Wildman–Crippen MR) is 70.4 cm³/mol. The first kappa shape index (κ1) is 12.6. The average Bonchev–Trinajstić information content (AvgIpc) is 2.25. The Morgan fingerprint density at radius 3 is 1.50 bits per heavy atom. The summed E-state index contributed by atoms with van der Waals surface area (Å²) in [5.74, 6) is 0.186. The Labute approximate surface area is 108 Å². The third-order valence-corrected chi connectivity index (χ3v) is 3.83. The lowest BCUT2D eigenvalue weighted by Crippen LogP contribution is -1.94. The van der Waals surface area contributed by atoms with Gasteiger partial charge in [-0.25, -0.2) is 4.21 Å². The zero-order chi connectivity index (χ0) is 13.3. The van der Waals surface area contributed by atoms with Gasteiger partial charge in [0.1, 0.15) is 11.5 Å². The molecule has 94 valence electrons. The first-order chi connectivity index (χ1) is 8.45. The van der Waals surface area contributed by atoms with E-state index in [1.54, 1.807) is 24.3 Å². The van der Waals surface area contributed by atoms with E-state index in [-0.39, 0.29) is 11.5 Å². The van der Waals surface area contributed by atoms with Crippen molar-refractivity contribution in [2.75, 3.05) is 0 Å². The van der Waals surface area contributed by atoms with Crippen LogP contribution in [0.3, 0.4) is 0 Å². The largest absolute Gasteiger partial charge is 0.508 e. The van der Waals surface area contributed by atoms with Crippen LogP contribution in [0.15, 0.2) is 46.2 Å². The molecule has 0 unspecified atom stereocenters. The number of rotatable bonds is 2. The van der Waals surface area contributed by atoms with Gasteiger partial charge in [0.15, 0.2) is 0 Å². The predicted octanol–water partition coefficient (Wildman–Crippen LogP) is 2.88. The van der Waals surface area contributed by atoms with E-state index in [1.165, 1.54) is 12.1 Å². The Kier molecular flexibility index (Phi) is 3.39. The third kappa shape index (κ3) is 2.71. The van der Waals surface area contributed by atoms with E-state index in [2.05, 4.69) is 0 Å². The van der Waals surface area contributed by atoms with Gasteiger partial charge in [0.25, 0.3) is 0 Å². The van der Waals surface area contributed by atoms with Crippen LogP contribution >= 0.6 is 0 Å². The number of hydrogen-bond acceptors (Lipinski definition) is 3. The smallest absolute Gasteiger partial charge is 0.117 e. The molecule has 0 saturated carbocycles. The highest BCUT2D eigenvalue weighted by atomic mass is 32.2. The molecule has 0 fully saturated rings. The minimum absolute atomic E-state index is 0.0928. The number of phenolic OH excluding ortho intramolecular Hbond substituents is 2. The van der Waals surface area contributed by atoms with Crippen molar-refractivity contribution in [2.45, 2.75) is 23.6 Å². The lowest BCUT2D eigenvalue weighted by Gasteiger charge is -2.06. The second kappa shape index (κ2) is 4.82. The van der Waals surface area contributed by atoms with E-state index >= 15 is 0 Å². The average molecular weight is 262 g/mol. The molecule has 0 bridgehead atoms. The van der Waals surface area contributed by atoms with Gasteiger partial charge in [-0.1, -0.05) is 0 Å². The van der Waals surface area contributed by atoms with Crippen LogP contribution < -0.4 is 0 Å². The molecule has 0 spiro atoms.